The number of morpholine rings is 1. The number of aliphatic hydroxyl groups is 1. The molecule has 0 unspecified atom stereocenters. The molecule has 0 radical (unpaired) electrons. The van der Waals surface area contributed by atoms with Gasteiger partial charge in [-0.3, -0.25) is 14.2 Å². The molecular weight excluding hydrogens is 324 g/mol. The Bertz CT molecular complexity index is 679. The van der Waals surface area contributed by atoms with Gasteiger partial charge >= 0.3 is 0 Å². The molecule has 4 heterocycles. The van der Waals surface area contributed by atoms with Crippen LogP contribution >= 0.6 is 11.3 Å². The zero-order chi connectivity index (χ0) is 16.5. The third-order valence-corrected chi connectivity index (χ3v) is 6.17. The molecule has 2 fully saturated rings. The van der Waals surface area contributed by atoms with Crippen molar-refractivity contribution in [3.05, 3.63) is 23.0 Å². The zero-order valence-electron chi connectivity index (χ0n) is 14.2. The first-order valence-electron chi connectivity index (χ1n) is 8.79. The minimum Gasteiger partial charge on any atom is -0.396 e. The minimum absolute atomic E-state index is 0.282. The van der Waals surface area contributed by atoms with Crippen LogP contribution in [0.1, 0.15) is 11.4 Å². The summed E-state index contributed by atoms with van der Waals surface area (Å²) < 4.78 is 7.66. The summed E-state index contributed by atoms with van der Waals surface area (Å²) in [6.07, 6.45) is 2.11. The van der Waals surface area contributed by atoms with E-state index in [0.717, 1.165) is 63.1 Å². The lowest BCUT2D eigenvalue weighted by molar-refractivity contribution is 0.0264. The molecule has 2 aliphatic rings. The van der Waals surface area contributed by atoms with Crippen LogP contribution in [0.25, 0.3) is 4.96 Å². The summed E-state index contributed by atoms with van der Waals surface area (Å²) in [6.45, 7) is 10.1. The molecule has 0 bridgehead atoms. The van der Waals surface area contributed by atoms with Crippen molar-refractivity contribution < 1.29 is 9.84 Å². The SMILES string of the molecule is Cc1nc2sccn2c1CN1C[C@@H](CN2CCOCC2)[C@@H](CO)C1. The second-order valence-electron chi connectivity index (χ2n) is 7.01. The molecule has 0 aliphatic carbocycles. The summed E-state index contributed by atoms with van der Waals surface area (Å²) in [6, 6.07) is 0. The molecule has 2 aromatic rings. The molecular formula is C17H26N4O2S. The second-order valence-corrected chi connectivity index (χ2v) is 7.88. The van der Waals surface area contributed by atoms with E-state index in [2.05, 4.69) is 37.7 Å². The van der Waals surface area contributed by atoms with Crippen molar-refractivity contribution in [2.24, 2.45) is 11.8 Å². The Morgan fingerprint density at radius 3 is 2.83 bits per heavy atom. The zero-order valence-corrected chi connectivity index (χ0v) is 15.0. The Balaban J connectivity index is 1.43. The summed E-state index contributed by atoms with van der Waals surface area (Å²) in [7, 11) is 0. The Morgan fingerprint density at radius 1 is 1.25 bits per heavy atom. The molecule has 6 nitrogen and oxygen atoms in total. The number of aromatic nitrogens is 2. The molecule has 132 valence electrons. The first-order chi connectivity index (χ1) is 11.7. The van der Waals surface area contributed by atoms with Gasteiger partial charge in [0.1, 0.15) is 0 Å². The molecule has 2 aromatic heterocycles. The average molecular weight is 350 g/mol. The number of imidazole rings is 1. The highest BCUT2D eigenvalue weighted by Crippen LogP contribution is 2.27. The molecule has 0 saturated carbocycles. The van der Waals surface area contributed by atoms with E-state index in [4.69, 9.17) is 4.74 Å². The topological polar surface area (TPSA) is 53.2 Å². The third kappa shape index (κ3) is 3.23. The summed E-state index contributed by atoms with van der Waals surface area (Å²) in [5.74, 6) is 0.915. The van der Waals surface area contributed by atoms with Crippen LogP contribution < -0.4 is 0 Å². The number of aryl methyl sites for hydroxylation is 1. The molecule has 0 amide bonds. The smallest absolute Gasteiger partial charge is 0.194 e. The Morgan fingerprint density at radius 2 is 2.04 bits per heavy atom. The number of ether oxygens (including phenoxy) is 1. The van der Waals surface area contributed by atoms with Gasteiger partial charge in [-0.25, -0.2) is 4.98 Å². The van der Waals surface area contributed by atoms with Crippen LogP contribution in [-0.4, -0.2) is 76.8 Å². The van der Waals surface area contributed by atoms with Gasteiger partial charge in [-0.15, -0.1) is 11.3 Å². The lowest BCUT2D eigenvalue weighted by atomic mass is 9.96. The predicted molar refractivity (Wildman–Crippen MR) is 94.4 cm³/mol. The predicted octanol–water partition coefficient (Wildman–Crippen LogP) is 1.08. The van der Waals surface area contributed by atoms with E-state index in [0.29, 0.717) is 11.8 Å². The van der Waals surface area contributed by atoms with E-state index in [9.17, 15) is 5.11 Å². The summed E-state index contributed by atoms with van der Waals surface area (Å²) in [5, 5.41) is 11.9. The molecule has 2 saturated heterocycles. The number of rotatable bonds is 5. The maximum atomic E-state index is 9.82. The average Bonchev–Trinajstić information content (AvgIpc) is 3.26. The molecule has 24 heavy (non-hydrogen) atoms. The van der Waals surface area contributed by atoms with Gasteiger partial charge in [0.25, 0.3) is 0 Å². The normalized spacial score (nSPS) is 26.6. The molecule has 7 heteroatoms. The van der Waals surface area contributed by atoms with Crippen molar-refractivity contribution in [1.82, 2.24) is 19.2 Å². The molecule has 1 N–H and O–H groups in total. The van der Waals surface area contributed by atoms with E-state index in [1.165, 1.54) is 5.69 Å². The number of hydrogen-bond donors (Lipinski definition) is 1. The van der Waals surface area contributed by atoms with Gasteiger partial charge in [0.15, 0.2) is 4.96 Å². The first kappa shape index (κ1) is 16.5. The highest BCUT2D eigenvalue weighted by atomic mass is 32.1. The number of hydrogen-bond acceptors (Lipinski definition) is 6. The largest absolute Gasteiger partial charge is 0.396 e. The number of thiazole rings is 1. The summed E-state index contributed by atoms with van der Waals surface area (Å²) in [5.41, 5.74) is 2.41. The minimum atomic E-state index is 0.282. The monoisotopic (exact) mass is 350 g/mol. The van der Waals surface area contributed by atoms with Crippen molar-refractivity contribution in [3.8, 4) is 0 Å². The van der Waals surface area contributed by atoms with Gasteiger partial charge in [-0.2, -0.15) is 0 Å². The molecule has 2 atom stereocenters. The molecule has 0 aromatic carbocycles. The van der Waals surface area contributed by atoms with E-state index in [-0.39, 0.29) is 6.61 Å². The maximum absolute atomic E-state index is 9.82. The number of likely N-dealkylation sites (tertiary alicyclic amines) is 1. The van der Waals surface area contributed by atoms with Gasteiger partial charge in [-0.05, 0) is 18.8 Å². The van der Waals surface area contributed by atoms with Crippen LogP contribution in [0.2, 0.25) is 0 Å². The molecule has 4 rings (SSSR count). The lowest BCUT2D eigenvalue weighted by Crippen LogP contribution is -2.41. The Kier molecular flexibility index (Phi) is 4.87. The van der Waals surface area contributed by atoms with Crippen LogP contribution in [0, 0.1) is 18.8 Å². The van der Waals surface area contributed by atoms with Crippen LogP contribution in [0.4, 0.5) is 0 Å². The Labute approximate surface area is 146 Å². The van der Waals surface area contributed by atoms with Gasteiger partial charge in [0, 0.05) is 57.5 Å². The molecule has 0 spiro atoms. The van der Waals surface area contributed by atoms with Crippen LogP contribution in [0.15, 0.2) is 11.6 Å². The van der Waals surface area contributed by atoms with Crippen molar-refractivity contribution in [3.63, 3.8) is 0 Å². The second kappa shape index (κ2) is 7.09. The number of aliphatic hydroxyl groups excluding tert-OH is 1. The maximum Gasteiger partial charge on any atom is 0.194 e. The lowest BCUT2D eigenvalue weighted by Gasteiger charge is -2.30. The van der Waals surface area contributed by atoms with Crippen LogP contribution in [0.3, 0.4) is 0 Å². The highest BCUT2D eigenvalue weighted by Gasteiger charge is 2.34. The van der Waals surface area contributed by atoms with Crippen molar-refractivity contribution in [2.75, 3.05) is 52.5 Å². The van der Waals surface area contributed by atoms with Crippen molar-refractivity contribution >= 4 is 16.3 Å². The van der Waals surface area contributed by atoms with E-state index in [1.807, 2.05) is 0 Å². The number of fused-ring (bicyclic) bond motifs is 1. The quantitative estimate of drug-likeness (QED) is 0.874. The van der Waals surface area contributed by atoms with Gasteiger partial charge in [0.05, 0.1) is 24.6 Å². The van der Waals surface area contributed by atoms with Gasteiger partial charge in [0.2, 0.25) is 0 Å². The van der Waals surface area contributed by atoms with Crippen molar-refractivity contribution in [2.45, 2.75) is 13.5 Å². The summed E-state index contributed by atoms with van der Waals surface area (Å²) >= 11 is 1.68. The first-order valence-corrected chi connectivity index (χ1v) is 9.67. The Hall–Kier alpha value is -0.990. The fraction of sp³-hybridized carbons (Fsp3) is 0.706. The van der Waals surface area contributed by atoms with Crippen LogP contribution in [-0.2, 0) is 11.3 Å². The van der Waals surface area contributed by atoms with Gasteiger partial charge < -0.3 is 9.84 Å². The van der Waals surface area contributed by atoms with E-state index in [1.54, 1.807) is 11.3 Å². The third-order valence-electron chi connectivity index (χ3n) is 5.42. The standard InChI is InChI=1S/C17H26N4O2S/c1-13-16(21-4-7-24-17(21)18-13)11-20-9-14(15(10-20)12-22)8-19-2-5-23-6-3-19/h4,7,14-15,22H,2-3,5-6,8-12H2,1H3/t14-,15-/m1/s1. The van der Waals surface area contributed by atoms with Gasteiger partial charge in [-0.1, -0.05) is 0 Å². The summed E-state index contributed by atoms with van der Waals surface area (Å²) in [4.78, 5) is 10.7. The fourth-order valence-electron chi connectivity index (χ4n) is 4.04. The molecule has 2 aliphatic heterocycles. The van der Waals surface area contributed by atoms with E-state index < -0.39 is 0 Å². The number of nitrogens with zero attached hydrogens (tertiary/aromatic N) is 4. The van der Waals surface area contributed by atoms with Crippen molar-refractivity contribution in [1.29, 1.82) is 0 Å². The van der Waals surface area contributed by atoms with E-state index >= 15 is 0 Å². The van der Waals surface area contributed by atoms with Crippen LogP contribution in [0.5, 0.6) is 0 Å². The highest BCUT2D eigenvalue weighted by molar-refractivity contribution is 7.15. The fourth-order valence-corrected chi connectivity index (χ4v) is 4.82.